The Hall–Kier alpha value is 0.220. The van der Waals surface area contributed by atoms with E-state index in [0.717, 1.165) is 0 Å². The van der Waals surface area contributed by atoms with Crippen LogP contribution in [0, 0.1) is 10.1 Å². The molecule has 0 spiro atoms. The van der Waals surface area contributed by atoms with Crippen LogP contribution in [0.1, 0.15) is 20.3 Å². The van der Waals surface area contributed by atoms with Crippen molar-refractivity contribution in [2.24, 2.45) is 0 Å². The van der Waals surface area contributed by atoms with Crippen LogP contribution in [0.5, 0.6) is 0 Å². The van der Waals surface area contributed by atoms with E-state index in [2.05, 4.69) is 4.18 Å². The molecule has 0 aliphatic carbocycles. The molecule has 0 saturated carbocycles. The predicted octanol–water partition coefficient (Wildman–Crippen LogP) is -3.09. The quantitative estimate of drug-likeness (QED) is 0.149. The maximum Gasteiger partial charge on any atom is 1.00 e. The molecule has 0 bridgehead atoms. The second-order valence-corrected chi connectivity index (χ2v) is 6.73. The van der Waals surface area contributed by atoms with Gasteiger partial charge in [-0.05, 0) is 0 Å². The molecular weight excluding hydrogens is 313 g/mol. The van der Waals surface area contributed by atoms with Crippen molar-refractivity contribution in [2.45, 2.75) is 25.8 Å². The summed E-state index contributed by atoms with van der Waals surface area (Å²) in [6, 6.07) is 0. The van der Waals surface area contributed by atoms with Gasteiger partial charge in [0.25, 0.3) is 10.1 Å². The molecule has 19 heavy (non-hydrogen) atoms. The zero-order valence-corrected chi connectivity index (χ0v) is 14.5. The third-order valence-electron chi connectivity index (χ3n) is 1.79. The Balaban J connectivity index is -0.00000128. The summed E-state index contributed by atoms with van der Waals surface area (Å²) < 4.78 is 47.3. The van der Waals surface area contributed by atoms with Crippen LogP contribution in [-0.2, 0) is 33.4 Å². The van der Waals surface area contributed by atoms with E-state index in [1.54, 1.807) is 0 Å². The van der Waals surface area contributed by atoms with Gasteiger partial charge in [0.2, 0.25) is 5.54 Å². The molecule has 0 amide bonds. The number of nitro groups is 1. The van der Waals surface area contributed by atoms with E-state index >= 15 is 0 Å². The summed E-state index contributed by atoms with van der Waals surface area (Å²) in [5.74, 6) is -0.768. The van der Waals surface area contributed by atoms with Gasteiger partial charge in [-0.1, -0.05) is 22.9 Å². The Labute approximate surface area is 135 Å². The Morgan fingerprint density at radius 2 is 1.79 bits per heavy atom. The summed E-state index contributed by atoms with van der Waals surface area (Å²) in [5.41, 5.74) is -1.51. The van der Waals surface area contributed by atoms with Crippen molar-refractivity contribution >= 4 is 20.8 Å². The van der Waals surface area contributed by atoms with Gasteiger partial charge in [0.05, 0.1) is 5.75 Å². The molecule has 0 aliphatic rings. The van der Waals surface area contributed by atoms with E-state index in [1.807, 2.05) is 0 Å². The Morgan fingerprint density at radius 3 is 2.16 bits per heavy atom. The first-order chi connectivity index (χ1) is 7.57. The monoisotopic (exact) mass is 328 g/mol. The number of hydrogen-bond acceptors (Lipinski definition) is 9. The van der Waals surface area contributed by atoms with Crippen LogP contribution in [0.2, 0.25) is 0 Å². The summed E-state index contributed by atoms with van der Waals surface area (Å²) in [7, 11) is -6.23. The Kier molecular flexibility index (Phi) is 12.8. The molecule has 0 atom stereocenters. The fourth-order valence-electron chi connectivity index (χ4n) is 0.699. The Bertz CT molecular complexity index is 436. The first-order valence-electron chi connectivity index (χ1n) is 4.64. The van der Waals surface area contributed by atoms with Crippen LogP contribution in [-0.4, -0.2) is 42.5 Å². The fraction of sp³-hybridized carbons (Fsp3) is 1.00. The van der Waals surface area contributed by atoms with Crippen molar-refractivity contribution in [2.75, 3.05) is 18.1 Å². The van der Waals surface area contributed by atoms with E-state index in [0.29, 0.717) is 0 Å². The van der Waals surface area contributed by atoms with Crippen molar-refractivity contribution in [1.29, 1.82) is 0 Å². The topological polar surface area (TPSA) is 151 Å². The number of rotatable bonds is 8. The maximum atomic E-state index is 11.2. The summed E-state index contributed by atoms with van der Waals surface area (Å²) in [6.45, 7) is 1.88. The third kappa shape index (κ3) is 11.7. The van der Waals surface area contributed by atoms with Crippen molar-refractivity contribution in [3.05, 3.63) is 10.1 Å². The van der Waals surface area contributed by atoms with Crippen molar-refractivity contribution in [1.82, 2.24) is 0 Å². The second kappa shape index (κ2) is 10.0. The molecule has 0 radical (unpaired) electrons. The smallest absolute Gasteiger partial charge is 0.870 e. The molecule has 0 aromatic carbocycles. The fourth-order valence-corrected chi connectivity index (χ4v) is 2.35. The summed E-state index contributed by atoms with van der Waals surface area (Å²) in [5, 5.41) is 10.5. The molecule has 0 unspecified atom stereocenters. The zero-order valence-electron chi connectivity index (χ0n) is 10.9. The summed E-state index contributed by atoms with van der Waals surface area (Å²) >= 11 is 0. The van der Waals surface area contributed by atoms with Crippen molar-refractivity contribution < 1.29 is 61.0 Å². The van der Waals surface area contributed by atoms with Crippen LogP contribution in [0.4, 0.5) is 0 Å². The van der Waals surface area contributed by atoms with Crippen LogP contribution in [0.15, 0.2) is 0 Å². The molecule has 0 rings (SSSR count). The van der Waals surface area contributed by atoms with Crippen molar-refractivity contribution in [3.63, 3.8) is 0 Å². The van der Waals surface area contributed by atoms with Gasteiger partial charge in [0.15, 0.2) is 0 Å². The van der Waals surface area contributed by atoms with Crippen LogP contribution >= 0.6 is 0 Å². The van der Waals surface area contributed by atoms with E-state index in [-0.39, 0.29) is 47.2 Å². The van der Waals surface area contributed by atoms with Crippen LogP contribution < -0.4 is 29.6 Å². The zero-order chi connectivity index (χ0) is 13.7. The normalized spacial score (nSPS) is 11.5. The van der Waals surface area contributed by atoms with Gasteiger partial charge in [-0.3, -0.25) is 14.3 Å². The number of hydrogen-bond donors (Lipinski definition) is 0. The van der Waals surface area contributed by atoms with Gasteiger partial charge in [0, 0.05) is 18.8 Å². The first kappa shape index (κ1) is 24.3. The molecule has 0 heterocycles. The van der Waals surface area contributed by atoms with Gasteiger partial charge >= 0.3 is 29.6 Å². The van der Waals surface area contributed by atoms with Crippen molar-refractivity contribution in [3.8, 4) is 0 Å². The second-order valence-electron chi connectivity index (χ2n) is 3.95. The molecule has 0 aromatic heterocycles. The standard InChI is InChI=1S/C7H14NO7S2.Na.H2O/c1-7(2,8(9)10)6-15-17(13,14)5-3-4-16(11)12;;/h3-6H2,1-2H3;;1H2/q-1;+1;/p-1. The Morgan fingerprint density at radius 1 is 1.32 bits per heavy atom. The van der Waals surface area contributed by atoms with Gasteiger partial charge in [-0.15, -0.1) is 0 Å². The van der Waals surface area contributed by atoms with E-state index in [9.17, 15) is 26.9 Å². The summed E-state index contributed by atoms with van der Waals surface area (Å²) in [6.07, 6.45) is -0.0999. The summed E-state index contributed by atoms with van der Waals surface area (Å²) in [4.78, 5) is 9.85. The molecule has 12 heteroatoms. The van der Waals surface area contributed by atoms with Crippen LogP contribution in [0.25, 0.3) is 0 Å². The minimum absolute atomic E-state index is 0. The molecule has 0 saturated heterocycles. The molecule has 0 aliphatic heterocycles. The minimum atomic E-state index is -3.92. The van der Waals surface area contributed by atoms with Gasteiger partial charge in [-0.25, -0.2) is 0 Å². The molecule has 1 N–H and O–H groups in total. The number of nitrogens with zero attached hydrogens (tertiary/aromatic N) is 1. The van der Waals surface area contributed by atoms with E-state index in [4.69, 9.17) is 0 Å². The molecule has 0 fully saturated rings. The first-order valence-corrected chi connectivity index (χ1v) is 7.46. The van der Waals surface area contributed by atoms with Gasteiger partial charge < -0.3 is 13.9 Å². The van der Waals surface area contributed by atoms with E-state index in [1.165, 1.54) is 13.8 Å². The van der Waals surface area contributed by atoms with E-state index < -0.39 is 43.6 Å². The average Bonchev–Trinajstić information content (AvgIpc) is 2.14. The van der Waals surface area contributed by atoms with Gasteiger partial charge in [0.1, 0.15) is 6.61 Å². The maximum absolute atomic E-state index is 11.2. The molecule has 9 nitrogen and oxygen atoms in total. The third-order valence-corrected chi connectivity index (χ3v) is 3.68. The molecule has 0 aromatic rings. The minimum Gasteiger partial charge on any atom is -0.870 e. The predicted molar refractivity (Wildman–Crippen MR) is 61.0 cm³/mol. The molecule has 110 valence electrons. The SMILES string of the molecule is CC(C)(COS(=O)(=O)CCC[S-](=O)=O)[N+](=O)[O-].[Na+].[OH-]. The largest absolute Gasteiger partial charge is 1.00 e. The molecular formula is C7H15NNaO8S2-. The van der Waals surface area contributed by atoms with Gasteiger partial charge in [-0.2, -0.15) is 8.42 Å². The average molecular weight is 328 g/mol. The van der Waals surface area contributed by atoms with Crippen LogP contribution in [0.3, 0.4) is 0 Å².